The zero-order valence-electron chi connectivity index (χ0n) is 11.3. The Hall–Kier alpha value is -0.320. The van der Waals surface area contributed by atoms with Gasteiger partial charge in [-0.3, -0.25) is 0 Å². The van der Waals surface area contributed by atoms with E-state index in [0.717, 1.165) is 0 Å². The van der Waals surface area contributed by atoms with Crippen molar-refractivity contribution in [3.05, 3.63) is 0 Å². The summed E-state index contributed by atoms with van der Waals surface area (Å²) in [5, 5.41) is 51.4. The number of nitrogens with one attached hydrogen (secondary N) is 1. The summed E-state index contributed by atoms with van der Waals surface area (Å²) in [7, 11) is 1.41. The quantitative estimate of drug-likeness (QED) is 0.319. The van der Waals surface area contributed by atoms with Gasteiger partial charge in [0, 0.05) is 25.6 Å². The Balaban J connectivity index is 2.04. The van der Waals surface area contributed by atoms with Gasteiger partial charge in [-0.05, 0) is 6.42 Å². The van der Waals surface area contributed by atoms with Crippen molar-refractivity contribution < 1.29 is 35.0 Å². The minimum absolute atomic E-state index is 0.271. The smallest absolute Gasteiger partial charge is 0.163 e. The van der Waals surface area contributed by atoms with Gasteiger partial charge in [-0.1, -0.05) is 0 Å². The topological polar surface area (TPSA) is 132 Å². The third kappa shape index (κ3) is 2.97. The highest BCUT2D eigenvalue weighted by Gasteiger charge is 2.47. The number of methoxy groups -OCH3 is 1. The minimum Gasteiger partial charge on any atom is -0.394 e. The van der Waals surface area contributed by atoms with Crippen LogP contribution in [0.4, 0.5) is 0 Å². The van der Waals surface area contributed by atoms with E-state index in [2.05, 4.69) is 5.32 Å². The van der Waals surface area contributed by atoms with Gasteiger partial charge in [-0.2, -0.15) is 0 Å². The molecule has 0 aromatic carbocycles. The first-order chi connectivity index (χ1) is 9.49. The van der Waals surface area contributed by atoms with Crippen molar-refractivity contribution in [2.24, 2.45) is 5.92 Å². The van der Waals surface area contributed by atoms with E-state index < -0.39 is 55.4 Å². The minimum atomic E-state index is -1.22. The summed E-state index contributed by atoms with van der Waals surface area (Å²) in [6, 6.07) is -0.413. The van der Waals surface area contributed by atoms with Crippen LogP contribution in [-0.4, -0.2) is 88.6 Å². The van der Waals surface area contributed by atoms with E-state index in [9.17, 15) is 20.4 Å². The van der Waals surface area contributed by atoms with Gasteiger partial charge in [0.1, 0.15) is 12.2 Å². The molecular formula is C12H23NO7. The highest BCUT2D eigenvalue weighted by Crippen LogP contribution is 2.31. The molecule has 2 saturated heterocycles. The van der Waals surface area contributed by atoms with Crippen molar-refractivity contribution in [2.75, 3.05) is 20.3 Å². The monoisotopic (exact) mass is 293 g/mol. The standard InChI is InChI=1S/C12H23NO7/c1-19-12-5(2-6-10(17)7(15)3-13-6)9(16)11(18)8(4-14)20-12/h5-18H,2-4H2,1H3/t5-,6-,7+,8-,9-,10-,11-,12+/m1/s1. The summed E-state index contributed by atoms with van der Waals surface area (Å²) in [5.41, 5.74) is 0. The summed E-state index contributed by atoms with van der Waals surface area (Å²) in [6.07, 6.45) is -5.58. The molecule has 0 radical (unpaired) electrons. The number of β-amino-alcohol motifs (C(OH)–C–C–N with tert-alkyl or cyclic N) is 1. The van der Waals surface area contributed by atoms with Crippen LogP contribution in [0.2, 0.25) is 0 Å². The first kappa shape index (κ1) is 16.1. The second-order valence-electron chi connectivity index (χ2n) is 5.41. The van der Waals surface area contributed by atoms with Gasteiger partial charge in [0.2, 0.25) is 0 Å². The van der Waals surface area contributed by atoms with E-state index in [1.165, 1.54) is 7.11 Å². The van der Waals surface area contributed by atoms with Gasteiger partial charge >= 0.3 is 0 Å². The van der Waals surface area contributed by atoms with E-state index >= 15 is 0 Å². The molecule has 0 bridgehead atoms. The van der Waals surface area contributed by atoms with E-state index in [0.29, 0.717) is 0 Å². The van der Waals surface area contributed by atoms with Crippen LogP contribution < -0.4 is 5.32 Å². The number of aliphatic hydroxyl groups is 5. The van der Waals surface area contributed by atoms with E-state index in [-0.39, 0.29) is 13.0 Å². The number of ether oxygens (including phenoxy) is 2. The molecule has 0 aromatic heterocycles. The fourth-order valence-electron chi connectivity index (χ4n) is 2.92. The van der Waals surface area contributed by atoms with E-state index in [1.54, 1.807) is 0 Å². The van der Waals surface area contributed by atoms with E-state index in [4.69, 9.17) is 14.6 Å². The molecule has 0 saturated carbocycles. The molecule has 0 aliphatic carbocycles. The van der Waals surface area contributed by atoms with Gasteiger partial charge in [0.05, 0.1) is 24.9 Å². The number of rotatable bonds is 4. The van der Waals surface area contributed by atoms with Gasteiger partial charge < -0.3 is 40.3 Å². The lowest BCUT2D eigenvalue weighted by Gasteiger charge is -2.42. The van der Waals surface area contributed by atoms with Crippen LogP contribution in [0.25, 0.3) is 0 Å². The van der Waals surface area contributed by atoms with Crippen LogP contribution in [0.5, 0.6) is 0 Å². The summed E-state index contributed by atoms with van der Waals surface area (Å²) in [4.78, 5) is 0. The van der Waals surface area contributed by atoms with Gasteiger partial charge in [-0.25, -0.2) is 0 Å². The molecule has 118 valence electrons. The average molecular weight is 293 g/mol. The third-order valence-corrected chi connectivity index (χ3v) is 4.16. The molecule has 6 N–H and O–H groups in total. The third-order valence-electron chi connectivity index (χ3n) is 4.16. The number of aliphatic hydroxyl groups excluding tert-OH is 5. The first-order valence-corrected chi connectivity index (χ1v) is 6.74. The number of hydrogen-bond donors (Lipinski definition) is 6. The first-order valence-electron chi connectivity index (χ1n) is 6.74. The normalized spacial score (nSPS) is 49.5. The van der Waals surface area contributed by atoms with Crippen molar-refractivity contribution >= 4 is 0 Å². The Labute approximate surface area is 116 Å². The average Bonchev–Trinajstić information content (AvgIpc) is 2.76. The molecule has 8 nitrogen and oxygen atoms in total. The Bertz CT molecular complexity index is 316. The molecule has 0 spiro atoms. The summed E-state index contributed by atoms with van der Waals surface area (Å²) in [5.74, 6) is -0.574. The molecule has 2 fully saturated rings. The molecule has 20 heavy (non-hydrogen) atoms. The van der Waals surface area contributed by atoms with E-state index in [1.807, 2.05) is 0 Å². The maximum absolute atomic E-state index is 10.2. The lowest BCUT2D eigenvalue weighted by molar-refractivity contribution is -0.280. The molecule has 0 amide bonds. The largest absolute Gasteiger partial charge is 0.394 e. The Morgan fingerprint density at radius 2 is 1.85 bits per heavy atom. The lowest BCUT2D eigenvalue weighted by Crippen LogP contribution is -2.57. The predicted octanol–water partition coefficient (Wildman–Crippen LogP) is -3.23. The van der Waals surface area contributed by atoms with Crippen LogP contribution in [0.3, 0.4) is 0 Å². The molecule has 0 aromatic rings. The van der Waals surface area contributed by atoms with Gasteiger partial charge in [0.25, 0.3) is 0 Å². The summed E-state index contributed by atoms with van der Waals surface area (Å²) in [6.45, 7) is -0.150. The van der Waals surface area contributed by atoms with Crippen molar-refractivity contribution in [3.63, 3.8) is 0 Å². The lowest BCUT2D eigenvalue weighted by atomic mass is 9.85. The maximum Gasteiger partial charge on any atom is 0.163 e. The Morgan fingerprint density at radius 3 is 2.35 bits per heavy atom. The highest BCUT2D eigenvalue weighted by molar-refractivity contribution is 4.96. The van der Waals surface area contributed by atoms with Crippen LogP contribution >= 0.6 is 0 Å². The zero-order valence-corrected chi connectivity index (χ0v) is 11.3. The molecule has 8 atom stereocenters. The van der Waals surface area contributed by atoms with Crippen molar-refractivity contribution in [1.82, 2.24) is 5.32 Å². The van der Waals surface area contributed by atoms with Crippen LogP contribution in [0, 0.1) is 5.92 Å². The van der Waals surface area contributed by atoms with Gasteiger partial charge in [0.15, 0.2) is 6.29 Å². The van der Waals surface area contributed by atoms with Crippen LogP contribution in [0.1, 0.15) is 6.42 Å². The molecule has 2 heterocycles. The molecule has 2 rings (SSSR count). The van der Waals surface area contributed by atoms with Crippen molar-refractivity contribution in [1.29, 1.82) is 0 Å². The van der Waals surface area contributed by atoms with Gasteiger partial charge in [-0.15, -0.1) is 0 Å². The molecule has 2 aliphatic heterocycles. The maximum atomic E-state index is 10.2. The summed E-state index contributed by atoms with van der Waals surface area (Å²) < 4.78 is 10.5. The molecule has 0 unspecified atom stereocenters. The molecule has 2 aliphatic rings. The SMILES string of the molecule is CO[C@H]1O[C@H](CO)[C@@H](O)[C@H](O)[C@H]1C[C@H]1NC[C@H](O)[C@@H]1O. The van der Waals surface area contributed by atoms with Crippen LogP contribution in [0.15, 0.2) is 0 Å². The number of hydrogen-bond acceptors (Lipinski definition) is 8. The molecule has 8 heteroatoms. The van der Waals surface area contributed by atoms with Crippen LogP contribution in [-0.2, 0) is 9.47 Å². The fraction of sp³-hybridized carbons (Fsp3) is 1.00. The Morgan fingerprint density at radius 1 is 1.15 bits per heavy atom. The Kier molecular flexibility index (Phi) is 5.32. The predicted molar refractivity (Wildman–Crippen MR) is 66.7 cm³/mol. The van der Waals surface area contributed by atoms with Crippen molar-refractivity contribution in [3.8, 4) is 0 Å². The second-order valence-corrected chi connectivity index (χ2v) is 5.41. The van der Waals surface area contributed by atoms with Crippen molar-refractivity contribution in [2.45, 2.75) is 49.3 Å². The zero-order chi connectivity index (χ0) is 14.9. The highest BCUT2D eigenvalue weighted by atomic mass is 16.7. The fourth-order valence-corrected chi connectivity index (χ4v) is 2.92. The summed E-state index contributed by atoms with van der Waals surface area (Å²) >= 11 is 0. The second kappa shape index (κ2) is 6.63. The molecular weight excluding hydrogens is 270 g/mol.